The van der Waals surface area contributed by atoms with E-state index in [0.717, 1.165) is 0 Å². The van der Waals surface area contributed by atoms with Gasteiger partial charge in [0.05, 0.1) is 12.0 Å². The zero-order valence-electron chi connectivity index (χ0n) is 16.4. The van der Waals surface area contributed by atoms with Crippen molar-refractivity contribution in [2.75, 3.05) is 12.0 Å². The molecule has 1 aliphatic heterocycles. The molecule has 1 heterocycles. The second-order valence-corrected chi connectivity index (χ2v) is 9.21. The highest BCUT2D eigenvalue weighted by molar-refractivity contribution is 7.95. The summed E-state index contributed by atoms with van der Waals surface area (Å²) < 4.78 is 32.1. The van der Waals surface area contributed by atoms with Crippen molar-refractivity contribution in [1.29, 1.82) is 0 Å². The number of carbonyl (C=O) groups is 1. The second kappa shape index (κ2) is 8.09. The minimum atomic E-state index is -4.17. The van der Waals surface area contributed by atoms with Gasteiger partial charge in [0, 0.05) is 10.7 Å². The molecule has 1 atom stereocenters. The van der Waals surface area contributed by atoms with Crippen LogP contribution in [0.3, 0.4) is 0 Å². The van der Waals surface area contributed by atoms with Gasteiger partial charge in [-0.1, -0.05) is 41.9 Å². The summed E-state index contributed by atoms with van der Waals surface area (Å²) in [4.78, 5) is 14.0. The van der Waals surface area contributed by atoms with Gasteiger partial charge in [-0.3, -0.25) is 9.69 Å². The van der Waals surface area contributed by atoms with E-state index in [2.05, 4.69) is 0 Å². The summed E-state index contributed by atoms with van der Waals surface area (Å²) >= 11 is 6.01. The number of sulfone groups is 1. The number of amides is 1. The Morgan fingerprint density at radius 2 is 1.55 bits per heavy atom. The molecule has 158 valence electrons. The number of hydrogen-bond donors (Lipinski definition) is 1. The van der Waals surface area contributed by atoms with Gasteiger partial charge in [-0.2, -0.15) is 0 Å². The van der Waals surface area contributed by atoms with Crippen LogP contribution in [-0.4, -0.2) is 26.5 Å². The van der Waals surface area contributed by atoms with Gasteiger partial charge in [-0.15, -0.1) is 0 Å². The number of carbonyl (C=O) groups excluding carboxylic acids is 1. The third kappa shape index (κ3) is 3.66. The van der Waals surface area contributed by atoms with E-state index in [-0.39, 0.29) is 9.80 Å². The average Bonchev–Trinajstić information content (AvgIpc) is 3.06. The highest BCUT2D eigenvalue weighted by atomic mass is 35.5. The number of anilines is 1. The van der Waals surface area contributed by atoms with E-state index in [1.54, 1.807) is 66.7 Å². The molecule has 0 spiro atoms. The standard InChI is InChI=1S/C23H18ClNO5S/c1-30-18-13-11-17(12-14-18)25-20(15-7-9-16(24)10-8-15)22(21(26)23(25)27)31(28,29)19-5-3-2-4-6-19/h2-14,20,26H,1H3. The maximum absolute atomic E-state index is 13.5. The lowest BCUT2D eigenvalue weighted by molar-refractivity contribution is -0.117. The molecule has 4 rings (SSSR count). The molecule has 6 nitrogen and oxygen atoms in total. The Hall–Kier alpha value is -3.29. The number of nitrogens with zero attached hydrogens (tertiary/aromatic N) is 1. The molecule has 1 aliphatic rings. The second-order valence-electron chi connectivity index (χ2n) is 6.86. The smallest absolute Gasteiger partial charge is 0.295 e. The SMILES string of the molecule is COc1ccc(N2C(=O)C(O)=C(S(=O)(=O)c3ccccc3)C2c2ccc(Cl)cc2)cc1. The van der Waals surface area contributed by atoms with Gasteiger partial charge < -0.3 is 9.84 Å². The van der Waals surface area contributed by atoms with Crippen LogP contribution in [0.5, 0.6) is 5.75 Å². The lowest BCUT2D eigenvalue weighted by Gasteiger charge is -2.27. The van der Waals surface area contributed by atoms with Crippen LogP contribution in [0.2, 0.25) is 5.02 Å². The van der Waals surface area contributed by atoms with E-state index in [0.29, 0.717) is 22.0 Å². The summed E-state index contributed by atoms with van der Waals surface area (Å²) in [6.07, 6.45) is 0. The van der Waals surface area contributed by atoms with Gasteiger partial charge in [0.25, 0.3) is 5.91 Å². The zero-order chi connectivity index (χ0) is 22.2. The lowest BCUT2D eigenvalue weighted by atomic mass is 10.1. The van der Waals surface area contributed by atoms with Crippen LogP contribution in [-0.2, 0) is 14.6 Å². The van der Waals surface area contributed by atoms with Gasteiger partial charge in [0.1, 0.15) is 16.7 Å². The Balaban J connectivity index is 1.92. The Bertz CT molecular complexity index is 1250. The fourth-order valence-corrected chi connectivity index (χ4v) is 5.31. The number of aliphatic hydroxyl groups is 1. The summed E-state index contributed by atoms with van der Waals surface area (Å²) in [7, 11) is -2.65. The van der Waals surface area contributed by atoms with E-state index < -0.39 is 27.5 Å². The van der Waals surface area contributed by atoms with Crippen molar-refractivity contribution in [1.82, 2.24) is 0 Å². The van der Waals surface area contributed by atoms with E-state index >= 15 is 0 Å². The summed E-state index contributed by atoms with van der Waals surface area (Å²) in [6.45, 7) is 0. The summed E-state index contributed by atoms with van der Waals surface area (Å²) in [5, 5.41) is 11.2. The van der Waals surface area contributed by atoms with Crippen LogP contribution in [0.25, 0.3) is 0 Å². The van der Waals surface area contributed by atoms with Crippen LogP contribution >= 0.6 is 11.6 Å². The largest absolute Gasteiger partial charge is 0.502 e. The molecule has 3 aromatic rings. The van der Waals surface area contributed by atoms with Crippen LogP contribution in [0, 0.1) is 0 Å². The minimum Gasteiger partial charge on any atom is -0.502 e. The molecule has 0 fully saturated rings. The Morgan fingerprint density at radius 3 is 2.13 bits per heavy atom. The number of rotatable bonds is 5. The molecule has 0 bridgehead atoms. The van der Waals surface area contributed by atoms with Crippen molar-refractivity contribution in [2.45, 2.75) is 10.9 Å². The van der Waals surface area contributed by atoms with Crippen LogP contribution in [0.1, 0.15) is 11.6 Å². The maximum atomic E-state index is 13.5. The summed E-state index contributed by atoms with van der Waals surface area (Å²) in [5.74, 6) is -1.04. The summed E-state index contributed by atoms with van der Waals surface area (Å²) in [6, 6.07) is 19.7. The fraction of sp³-hybridized carbons (Fsp3) is 0.0870. The van der Waals surface area contributed by atoms with E-state index in [9.17, 15) is 18.3 Å². The third-order valence-corrected chi connectivity index (χ3v) is 7.18. The molecule has 1 unspecified atom stereocenters. The molecular formula is C23H18ClNO5S. The number of benzene rings is 3. The molecule has 8 heteroatoms. The molecule has 3 aromatic carbocycles. The quantitative estimate of drug-likeness (QED) is 0.603. The predicted molar refractivity (Wildman–Crippen MR) is 118 cm³/mol. The van der Waals surface area contributed by atoms with Crippen LogP contribution < -0.4 is 9.64 Å². The molecule has 0 radical (unpaired) electrons. The van der Waals surface area contributed by atoms with Crippen molar-refractivity contribution in [3.05, 3.63) is 100 Å². The monoisotopic (exact) mass is 455 g/mol. The highest BCUT2D eigenvalue weighted by Gasteiger charge is 2.47. The summed E-state index contributed by atoms with van der Waals surface area (Å²) in [5.41, 5.74) is 0.905. The van der Waals surface area contributed by atoms with Crippen LogP contribution in [0.15, 0.2) is 94.4 Å². The normalized spacial score (nSPS) is 16.6. The Kier molecular flexibility index (Phi) is 5.47. The number of ether oxygens (including phenoxy) is 1. The molecule has 0 saturated carbocycles. The molecule has 0 aliphatic carbocycles. The maximum Gasteiger partial charge on any atom is 0.295 e. The van der Waals surface area contributed by atoms with E-state index in [1.807, 2.05) is 0 Å². The molecule has 1 amide bonds. The van der Waals surface area contributed by atoms with Crippen LogP contribution in [0.4, 0.5) is 5.69 Å². The first kappa shape index (κ1) is 21.0. The molecular weight excluding hydrogens is 438 g/mol. The van der Waals surface area contributed by atoms with Crippen molar-refractivity contribution in [2.24, 2.45) is 0 Å². The fourth-order valence-electron chi connectivity index (χ4n) is 3.54. The van der Waals surface area contributed by atoms with Crippen molar-refractivity contribution < 1.29 is 23.1 Å². The first-order valence-electron chi connectivity index (χ1n) is 9.31. The molecule has 31 heavy (non-hydrogen) atoms. The Morgan fingerprint density at radius 1 is 0.935 bits per heavy atom. The molecule has 0 saturated heterocycles. The molecule has 1 N–H and O–H groups in total. The van der Waals surface area contributed by atoms with Gasteiger partial charge >= 0.3 is 0 Å². The molecule has 0 aromatic heterocycles. The predicted octanol–water partition coefficient (Wildman–Crippen LogP) is 4.68. The Labute approximate surface area is 184 Å². The van der Waals surface area contributed by atoms with Gasteiger partial charge in [0.15, 0.2) is 5.76 Å². The van der Waals surface area contributed by atoms with Gasteiger partial charge in [-0.05, 0) is 54.1 Å². The topological polar surface area (TPSA) is 83.9 Å². The third-order valence-electron chi connectivity index (χ3n) is 5.04. The van der Waals surface area contributed by atoms with Crippen molar-refractivity contribution >= 4 is 33.0 Å². The number of hydrogen-bond acceptors (Lipinski definition) is 5. The average molecular weight is 456 g/mol. The first-order chi connectivity index (χ1) is 14.8. The van der Waals surface area contributed by atoms with Gasteiger partial charge in [0.2, 0.25) is 9.84 Å². The highest BCUT2D eigenvalue weighted by Crippen LogP contribution is 2.45. The number of halogens is 1. The van der Waals surface area contributed by atoms with E-state index in [1.165, 1.54) is 24.1 Å². The first-order valence-corrected chi connectivity index (χ1v) is 11.2. The van der Waals surface area contributed by atoms with E-state index in [4.69, 9.17) is 16.3 Å². The van der Waals surface area contributed by atoms with Gasteiger partial charge in [-0.25, -0.2) is 8.42 Å². The van der Waals surface area contributed by atoms with Crippen molar-refractivity contribution in [3.8, 4) is 5.75 Å². The number of aliphatic hydroxyl groups excluding tert-OH is 1. The zero-order valence-corrected chi connectivity index (χ0v) is 18.0. The minimum absolute atomic E-state index is 0.0140. The number of methoxy groups -OCH3 is 1. The van der Waals surface area contributed by atoms with Crippen molar-refractivity contribution in [3.63, 3.8) is 0 Å². The lowest BCUT2D eigenvalue weighted by Crippen LogP contribution is -2.31.